The maximum absolute atomic E-state index is 13.8. The van der Waals surface area contributed by atoms with Gasteiger partial charge >= 0.3 is 6.09 Å². The number of hydrogen-bond acceptors (Lipinski definition) is 3. The molecule has 5 heteroatoms. The molecule has 2 fully saturated rings. The van der Waals surface area contributed by atoms with Gasteiger partial charge in [-0.25, -0.2) is 9.18 Å². The molecule has 2 saturated heterocycles. The van der Waals surface area contributed by atoms with Crippen molar-refractivity contribution in [3.05, 3.63) is 35.6 Å². The van der Waals surface area contributed by atoms with Crippen molar-refractivity contribution in [1.82, 2.24) is 4.90 Å². The molecule has 2 unspecified atom stereocenters. The van der Waals surface area contributed by atoms with Gasteiger partial charge in [-0.3, -0.25) is 4.79 Å². The maximum atomic E-state index is 13.8. The Kier molecular flexibility index (Phi) is 4.85. The second-order valence-electron chi connectivity index (χ2n) is 8.18. The molecule has 0 aromatic heterocycles. The Morgan fingerprint density at radius 2 is 1.76 bits per heavy atom. The van der Waals surface area contributed by atoms with Gasteiger partial charge in [-0.05, 0) is 58.1 Å². The molecule has 2 aliphatic heterocycles. The normalized spacial score (nSPS) is 25.8. The van der Waals surface area contributed by atoms with Crippen LogP contribution < -0.4 is 0 Å². The second kappa shape index (κ2) is 6.77. The molecule has 2 heterocycles. The van der Waals surface area contributed by atoms with Gasteiger partial charge < -0.3 is 9.64 Å². The van der Waals surface area contributed by atoms with Gasteiger partial charge in [0.1, 0.15) is 17.2 Å². The molecular formula is C20H26FNO3. The third-order valence-corrected chi connectivity index (χ3v) is 5.12. The molecule has 1 amide bonds. The second-order valence-corrected chi connectivity index (χ2v) is 8.18. The van der Waals surface area contributed by atoms with Crippen molar-refractivity contribution < 1.29 is 18.7 Å². The summed E-state index contributed by atoms with van der Waals surface area (Å²) in [7, 11) is 0. The Balaban J connectivity index is 1.64. The number of ether oxygens (including phenoxy) is 1. The molecule has 3 rings (SSSR count). The van der Waals surface area contributed by atoms with Crippen LogP contribution in [0.4, 0.5) is 9.18 Å². The number of piperidine rings is 1. The summed E-state index contributed by atoms with van der Waals surface area (Å²) in [6.07, 6.45) is 2.98. The predicted octanol–water partition coefficient (Wildman–Crippen LogP) is 4.12. The molecule has 1 aromatic rings. The van der Waals surface area contributed by atoms with Crippen molar-refractivity contribution in [3.8, 4) is 0 Å². The first-order chi connectivity index (χ1) is 11.7. The SMILES string of the molecule is CC(C)(C)OC(=O)N1C2CCC1CC(C(=O)Cc1ccccc1F)C2. The third-order valence-electron chi connectivity index (χ3n) is 5.12. The van der Waals surface area contributed by atoms with E-state index in [0.717, 1.165) is 12.8 Å². The minimum absolute atomic E-state index is 0.0585. The fourth-order valence-electron chi connectivity index (χ4n) is 4.03. The number of carbonyl (C=O) groups is 2. The van der Waals surface area contributed by atoms with Crippen LogP contribution in [-0.2, 0) is 16.0 Å². The summed E-state index contributed by atoms with van der Waals surface area (Å²) in [6.45, 7) is 5.58. The first-order valence-corrected chi connectivity index (χ1v) is 9.02. The highest BCUT2D eigenvalue weighted by Gasteiger charge is 2.46. The fourth-order valence-corrected chi connectivity index (χ4v) is 4.03. The van der Waals surface area contributed by atoms with Crippen molar-refractivity contribution in [1.29, 1.82) is 0 Å². The summed E-state index contributed by atoms with van der Waals surface area (Å²) in [5.74, 6) is -0.355. The lowest BCUT2D eigenvalue weighted by Gasteiger charge is -2.39. The topological polar surface area (TPSA) is 46.6 Å². The third kappa shape index (κ3) is 4.02. The molecule has 1 aromatic carbocycles. The zero-order valence-electron chi connectivity index (χ0n) is 15.1. The van der Waals surface area contributed by atoms with Crippen LogP contribution in [-0.4, -0.2) is 34.5 Å². The minimum atomic E-state index is -0.520. The van der Waals surface area contributed by atoms with E-state index in [1.54, 1.807) is 18.2 Å². The summed E-state index contributed by atoms with van der Waals surface area (Å²) < 4.78 is 19.3. The number of rotatable bonds is 3. The Morgan fingerprint density at radius 1 is 1.16 bits per heavy atom. The summed E-state index contributed by atoms with van der Waals surface area (Å²) in [5.41, 5.74) is -0.0666. The van der Waals surface area contributed by atoms with E-state index >= 15 is 0 Å². The van der Waals surface area contributed by atoms with Gasteiger partial charge in [0.15, 0.2) is 0 Å². The molecule has 0 saturated carbocycles. The summed E-state index contributed by atoms with van der Waals surface area (Å²) in [5, 5.41) is 0. The molecular weight excluding hydrogens is 321 g/mol. The van der Waals surface area contributed by atoms with Crippen molar-refractivity contribution >= 4 is 11.9 Å². The zero-order valence-corrected chi connectivity index (χ0v) is 15.1. The summed E-state index contributed by atoms with van der Waals surface area (Å²) in [4.78, 5) is 26.9. The Labute approximate surface area is 148 Å². The van der Waals surface area contributed by atoms with Crippen molar-refractivity contribution in [2.75, 3.05) is 0 Å². The number of ketones is 1. The molecule has 0 aliphatic carbocycles. The van der Waals surface area contributed by atoms with E-state index in [4.69, 9.17) is 4.74 Å². The van der Waals surface area contributed by atoms with Crippen LogP contribution in [0, 0.1) is 11.7 Å². The first kappa shape index (κ1) is 17.9. The van der Waals surface area contributed by atoms with Crippen LogP contribution in [0.15, 0.2) is 24.3 Å². The number of benzene rings is 1. The molecule has 2 bridgehead atoms. The summed E-state index contributed by atoms with van der Waals surface area (Å²) >= 11 is 0. The van der Waals surface area contributed by atoms with Crippen LogP contribution in [0.1, 0.15) is 52.0 Å². The lowest BCUT2D eigenvalue weighted by Crippen LogP contribution is -2.49. The van der Waals surface area contributed by atoms with Gasteiger partial charge in [-0.2, -0.15) is 0 Å². The fraction of sp³-hybridized carbons (Fsp3) is 0.600. The number of halogens is 1. The molecule has 25 heavy (non-hydrogen) atoms. The van der Waals surface area contributed by atoms with Gasteiger partial charge in [0.2, 0.25) is 0 Å². The van der Waals surface area contributed by atoms with Gasteiger partial charge in [0.25, 0.3) is 0 Å². The zero-order chi connectivity index (χ0) is 18.2. The molecule has 0 spiro atoms. The Bertz CT molecular complexity index is 653. The van der Waals surface area contributed by atoms with E-state index in [-0.39, 0.29) is 42.1 Å². The van der Waals surface area contributed by atoms with E-state index < -0.39 is 5.60 Å². The molecule has 2 atom stereocenters. The highest BCUT2D eigenvalue weighted by Crippen LogP contribution is 2.40. The quantitative estimate of drug-likeness (QED) is 0.826. The van der Waals surface area contributed by atoms with E-state index in [2.05, 4.69) is 0 Å². The van der Waals surface area contributed by atoms with E-state index in [1.165, 1.54) is 6.07 Å². The average Bonchev–Trinajstić information content (AvgIpc) is 2.78. The first-order valence-electron chi connectivity index (χ1n) is 9.02. The number of carbonyl (C=O) groups excluding carboxylic acids is 2. The lowest BCUT2D eigenvalue weighted by molar-refractivity contribution is -0.124. The van der Waals surface area contributed by atoms with Crippen molar-refractivity contribution in [2.24, 2.45) is 5.92 Å². The summed E-state index contributed by atoms with van der Waals surface area (Å²) in [6, 6.07) is 6.55. The number of fused-ring (bicyclic) bond motifs is 2. The Hall–Kier alpha value is -1.91. The maximum Gasteiger partial charge on any atom is 0.410 e. The van der Waals surface area contributed by atoms with Crippen LogP contribution in [0.2, 0.25) is 0 Å². The standard InChI is InChI=1S/C20H26FNO3/c1-20(2,3)25-19(24)22-15-8-9-16(22)11-14(10-15)18(23)12-13-6-4-5-7-17(13)21/h4-7,14-16H,8-12H2,1-3H3. The smallest absolute Gasteiger partial charge is 0.410 e. The van der Waals surface area contributed by atoms with Crippen LogP contribution in [0.5, 0.6) is 0 Å². The average molecular weight is 347 g/mol. The van der Waals surface area contributed by atoms with Crippen LogP contribution in [0.3, 0.4) is 0 Å². The van der Waals surface area contributed by atoms with E-state index in [9.17, 15) is 14.0 Å². The van der Waals surface area contributed by atoms with Crippen molar-refractivity contribution in [2.45, 2.75) is 70.6 Å². The number of hydrogen-bond donors (Lipinski definition) is 0. The number of Topliss-reactive ketones (excluding diaryl/α,β-unsaturated/α-hetero) is 1. The van der Waals surface area contributed by atoms with Gasteiger partial charge in [-0.15, -0.1) is 0 Å². The van der Waals surface area contributed by atoms with Gasteiger partial charge in [-0.1, -0.05) is 18.2 Å². The highest BCUT2D eigenvalue weighted by molar-refractivity contribution is 5.84. The highest BCUT2D eigenvalue weighted by atomic mass is 19.1. The van der Waals surface area contributed by atoms with Gasteiger partial charge in [0.05, 0.1) is 0 Å². The number of amides is 1. The van der Waals surface area contributed by atoms with Crippen LogP contribution >= 0.6 is 0 Å². The monoisotopic (exact) mass is 347 g/mol. The largest absolute Gasteiger partial charge is 0.444 e. The van der Waals surface area contributed by atoms with E-state index in [0.29, 0.717) is 18.4 Å². The minimum Gasteiger partial charge on any atom is -0.444 e. The lowest BCUT2D eigenvalue weighted by atomic mass is 9.85. The van der Waals surface area contributed by atoms with Gasteiger partial charge in [0, 0.05) is 24.4 Å². The molecule has 136 valence electrons. The molecule has 2 aliphatic rings. The Morgan fingerprint density at radius 3 is 2.32 bits per heavy atom. The van der Waals surface area contributed by atoms with Crippen LogP contribution in [0.25, 0.3) is 0 Å². The van der Waals surface area contributed by atoms with E-state index in [1.807, 2.05) is 25.7 Å². The molecule has 0 radical (unpaired) electrons. The molecule has 0 N–H and O–H groups in total. The molecule has 4 nitrogen and oxygen atoms in total. The van der Waals surface area contributed by atoms with Crippen molar-refractivity contribution in [3.63, 3.8) is 0 Å². The number of nitrogens with zero attached hydrogens (tertiary/aromatic N) is 1. The predicted molar refractivity (Wildman–Crippen MR) is 92.7 cm³/mol.